The van der Waals surface area contributed by atoms with Crippen molar-refractivity contribution in [3.8, 4) is 0 Å². The lowest BCUT2D eigenvalue weighted by atomic mass is 10.2. The molecule has 5 nitrogen and oxygen atoms in total. The lowest BCUT2D eigenvalue weighted by Gasteiger charge is -2.07. The molecular formula is C14H15N3O2S2. The molecule has 1 aromatic heterocycles. The maximum absolute atomic E-state index is 12.3. The summed E-state index contributed by atoms with van der Waals surface area (Å²) in [4.78, 5) is 28.2. The van der Waals surface area contributed by atoms with Crippen molar-refractivity contribution in [1.29, 1.82) is 0 Å². The molecule has 0 atom stereocenters. The fourth-order valence-electron chi connectivity index (χ4n) is 1.72. The van der Waals surface area contributed by atoms with Crippen molar-refractivity contribution in [2.45, 2.75) is 18.2 Å². The molecule has 0 fully saturated rings. The van der Waals surface area contributed by atoms with Crippen molar-refractivity contribution in [1.82, 2.24) is 4.98 Å². The summed E-state index contributed by atoms with van der Waals surface area (Å²) in [6, 6.07) is 7.44. The maximum atomic E-state index is 12.3. The molecule has 0 bridgehead atoms. The molecule has 2 rings (SSSR count). The normalized spacial score (nSPS) is 10.3. The molecule has 21 heavy (non-hydrogen) atoms. The van der Waals surface area contributed by atoms with Crippen molar-refractivity contribution in [3.63, 3.8) is 0 Å². The molecule has 0 aliphatic carbocycles. The zero-order valence-corrected chi connectivity index (χ0v) is 13.1. The predicted octanol–water partition coefficient (Wildman–Crippen LogP) is 2.54. The molecule has 2 aromatic rings. The van der Waals surface area contributed by atoms with E-state index in [1.165, 1.54) is 11.3 Å². The Morgan fingerprint density at radius 1 is 1.38 bits per heavy atom. The van der Waals surface area contributed by atoms with Gasteiger partial charge in [0.05, 0.1) is 17.7 Å². The van der Waals surface area contributed by atoms with Gasteiger partial charge in [0.25, 0.3) is 5.91 Å². The van der Waals surface area contributed by atoms with Crippen LogP contribution in [0.4, 0.5) is 5.13 Å². The van der Waals surface area contributed by atoms with Crippen molar-refractivity contribution in [2.24, 2.45) is 5.73 Å². The first-order chi connectivity index (χ1) is 10.1. The second-order valence-corrected chi connectivity index (χ2v) is 6.33. The smallest absolute Gasteiger partial charge is 0.258 e. The maximum Gasteiger partial charge on any atom is 0.258 e. The van der Waals surface area contributed by atoms with E-state index < -0.39 is 5.91 Å². The third-order valence-corrected chi connectivity index (χ3v) is 4.32. The molecule has 1 heterocycles. The third kappa shape index (κ3) is 4.30. The van der Waals surface area contributed by atoms with Crippen molar-refractivity contribution < 1.29 is 9.59 Å². The first kappa shape index (κ1) is 15.5. The summed E-state index contributed by atoms with van der Waals surface area (Å²) >= 11 is 2.89. The van der Waals surface area contributed by atoms with Gasteiger partial charge in [-0.25, -0.2) is 4.98 Å². The van der Waals surface area contributed by atoms with Crippen LogP contribution >= 0.6 is 23.1 Å². The Bertz CT molecular complexity index is 655. The van der Waals surface area contributed by atoms with Crippen LogP contribution in [0.1, 0.15) is 23.0 Å². The number of rotatable bonds is 6. The van der Waals surface area contributed by atoms with Crippen LogP contribution in [0.2, 0.25) is 0 Å². The average molecular weight is 321 g/mol. The van der Waals surface area contributed by atoms with Crippen molar-refractivity contribution in [2.75, 3.05) is 11.1 Å². The van der Waals surface area contributed by atoms with Crippen LogP contribution in [-0.4, -0.2) is 22.6 Å². The number of nitrogens with two attached hydrogens (primary N) is 1. The van der Waals surface area contributed by atoms with Gasteiger partial charge in [-0.15, -0.1) is 23.1 Å². The molecule has 0 aliphatic rings. The highest BCUT2D eigenvalue weighted by atomic mass is 32.2. The molecule has 0 aliphatic heterocycles. The number of amides is 2. The Kier molecular flexibility index (Phi) is 5.35. The van der Waals surface area contributed by atoms with Crippen molar-refractivity contribution >= 4 is 40.0 Å². The van der Waals surface area contributed by atoms with Gasteiger partial charge in [0.1, 0.15) is 0 Å². The number of hydrogen-bond acceptors (Lipinski definition) is 5. The Hall–Kier alpha value is -1.86. The van der Waals surface area contributed by atoms with E-state index in [1.807, 2.05) is 25.1 Å². The second kappa shape index (κ2) is 7.24. The highest BCUT2D eigenvalue weighted by molar-refractivity contribution is 7.99. The first-order valence-corrected chi connectivity index (χ1v) is 8.22. The summed E-state index contributed by atoms with van der Waals surface area (Å²) in [7, 11) is 0. The number of thiazole rings is 1. The molecule has 0 saturated heterocycles. The quantitative estimate of drug-likeness (QED) is 0.801. The Morgan fingerprint density at radius 3 is 2.86 bits per heavy atom. The monoisotopic (exact) mass is 321 g/mol. The molecule has 1 aromatic carbocycles. The van der Waals surface area contributed by atoms with Crippen LogP contribution in [-0.2, 0) is 11.2 Å². The molecule has 2 amide bonds. The first-order valence-electron chi connectivity index (χ1n) is 6.36. The number of hydrogen-bond donors (Lipinski definition) is 2. The largest absolute Gasteiger partial charge is 0.369 e. The minimum absolute atomic E-state index is 0.0780. The number of thioether (sulfide) groups is 1. The van der Waals surface area contributed by atoms with Gasteiger partial charge < -0.3 is 5.73 Å². The summed E-state index contributed by atoms with van der Waals surface area (Å²) in [5.74, 6) is 0.249. The molecule has 7 heteroatoms. The molecule has 3 N–H and O–H groups in total. The van der Waals surface area contributed by atoms with E-state index in [2.05, 4.69) is 10.3 Å². The minimum Gasteiger partial charge on any atom is -0.369 e. The van der Waals surface area contributed by atoms with E-state index in [0.29, 0.717) is 16.4 Å². The van der Waals surface area contributed by atoms with Gasteiger partial charge in [-0.3, -0.25) is 14.9 Å². The van der Waals surface area contributed by atoms with Crippen LogP contribution < -0.4 is 11.1 Å². The summed E-state index contributed by atoms with van der Waals surface area (Å²) in [5.41, 5.74) is 6.30. The van der Waals surface area contributed by atoms with E-state index in [-0.39, 0.29) is 12.3 Å². The Balaban J connectivity index is 2.11. The fourth-order valence-corrected chi connectivity index (χ4v) is 3.23. The third-order valence-electron chi connectivity index (χ3n) is 2.56. The number of anilines is 1. The summed E-state index contributed by atoms with van der Waals surface area (Å²) in [5, 5.41) is 4.93. The SMILES string of the molecule is CCSc1ccccc1C(=O)Nc1nc(CC(N)=O)cs1. The predicted molar refractivity (Wildman–Crippen MR) is 85.8 cm³/mol. The summed E-state index contributed by atoms with van der Waals surface area (Å²) in [6.07, 6.45) is 0.0780. The molecule has 110 valence electrons. The van der Waals surface area contributed by atoms with Crippen molar-refractivity contribution in [3.05, 3.63) is 40.9 Å². The van der Waals surface area contributed by atoms with E-state index >= 15 is 0 Å². The number of nitrogens with zero attached hydrogens (tertiary/aromatic N) is 1. The number of carbonyl (C=O) groups excluding carboxylic acids is 2. The lowest BCUT2D eigenvalue weighted by Crippen LogP contribution is -2.15. The zero-order chi connectivity index (χ0) is 15.2. The average Bonchev–Trinajstić information content (AvgIpc) is 2.86. The number of benzene rings is 1. The van der Waals surface area contributed by atoms with Crippen LogP contribution in [0, 0.1) is 0 Å². The van der Waals surface area contributed by atoms with Gasteiger partial charge in [-0.05, 0) is 17.9 Å². The Morgan fingerprint density at radius 2 is 2.14 bits per heavy atom. The molecule has 0 saturated carbocycles. The van der Waals surface area contributed by atoms with Crippen LogP contribution in [0.5, 0.6) is 0 Å². The highest BCUT2D eigenvalue weighted by Crippen LogP contribution is 2.24. The molecular weight excluding hydrogens is 306 g/mol. The highest BCUT2D eigenvalue weighted by Gasteiger charge is 2.13. The minimum atomic E-state index is -0.442. The zero-order valence-electron chi connectivity index (χ0n) is 11.5. The Labute approximate surface area is 131 Å². The second-order valence-electron chi connectivity index (χ2n) is 4.17. The summed E-state index contributed by atoms with van der Waals surface area (Å²) in [6.45, 7) is 2.04. The lowest BCUT2D eigenvalue weighted by molar-refractivity contribution is -0.117. The standard InChI is InChI=1S/C14H15N3O2S2/c1-2-20-11-6-4-3-5-10(11)13(19)17-14-16-9(8-21-14)7-12(15)18/h3-6,8H,2,7H2,1H3,(H2,15,18)(H,16,17,19). The number of aromatic nitrogens is 1. The van der Waals surface area contributed by atoms with Gasteiger partial charge in [0.15, 0.2) is 5.13 Å². The topological polar surface area (TPSA) is 85.1 Å². The molecule has 0 unspecified atom stereocenters. The summed E-state index contributed by atoms with van der Waals surface area (Å²) < 4.78 is 0. The van der Waals surface area contributed by atoms with E-state index in [4.69, 9.17) is 5.73 Å². The number of nitrogens with one attached hydrogen (secondary N) is 1. The van der Waals surface area contributed by atoms with Crippen LogP contribution in [0.25, 0.3) is 0 Å². The van der Waals surface area contributed by atoms with Gasteiger partial charge >= 0.3 is 0 Å². The van der Waals surface area contributed by atoms with Gasteiger partial charge in [0, 0.05) is 10.3 Å². The van der Waals surface area contributed by atoms with Gasteiger partial charge in [-0.2, -0.15) is 0 Å². The van der Waals surface area contributed by atoms with E-state index in [1.54, 1.807) is 23.2 Å². The van der Waals surface area contributed by atoms with E-state index in [9.17, 15) is 9.59 Å². The number of carbonyl (C=O) groups is 2. The van der Waals surface area contributed by atoms with E-state index in [0.717, 1.165) is 10.6 Å². The van der Waals surface area contributed by atoms with Crippen LogP contribution in [0.15, 0.2) is 34.5 Å². The molecule has 0 radical (unpaired) electrons. The molecule has 0 spiro atoms. The fraction of sp³-hybridized carbons (Fsp3) is 0.214. The van der Waals surface area contributed by atoms with Crippen LogP contribution in [0.3, 0.4) is 0 Å². The number of primary amides is 1. The van der Waals surface area contributed by atoms with Gasteiger partial charge in [-0.1, -0.05) is 19.1 Å². The van der Waals surface area contributed by atoms with Gasteiger partial charge in [0.2, 0.25) is 5.91 Å².